The Kier molecular flexibility index (Phi) is 8.85. The van der Waals surface area contributed by atoms with Crippen molar-refractivity contribution in [3.63, 3.8) is 0 Å². The zero-order valence-corrected chi connectivity index (χ0v) is 21.0. The van der Waals surface area contributed by atoms with Gasteiger partial charge in [-0.25, -0.2) is 9.78 Å². The molecule has 35 heavy (non-hydrogen) atoms. The predicted octanol–water partition coefficient (Wildman–Crippen LogP) is 5.17. The van der Waals surface area contributed by atoms with E-state index in [1.165, 1.54) is 11.8 Å². The minimum Gasteiger partial charge on any atom is -0.497 e. The number of ether oxygens (including phenoxy) is 2. The number of anilines is 1. The van der Waals surface area contributed by atoms with Crippen molar-refractivity contribution in [1.82, 2.24) is 4.98 Å². The Morgan fingerprint density at radius 1 is 1.14 bits per heavy atom. The van der Waals surface area contributed by atoms with Crippen LogP contribution in [-0.4, -0.2) is 36.3 Å². The lowest BCUT2D eigenvalue weighted by atomic mass is 10.1. The van der Waals surface area contributed by atoms with E-state index < -0.39 is 5.97 Å². The number of esters is 1. The van der Waals surface area contributed by atoms with E-state index in [2.05, 4.69) is 16.4 Å². The second-order valence-electron chi connectivity index (χ2n) is 7.13. The van der Waals surface area contributed by atoms with Crippen LogP contribution in [0.1, 0.15) is 39.7 Å². The number of rotatable bonds is 9. The number of thiophene rings is 1. The van der Waals surface area contributed by atoms with E-state index in [0.29, 0.717) is 37.5 Å². The molecule has 2 heterocycles. The van der Waals surface area contributed by atoms with Gasteiger partial charge in [0.15, 0.2) is 0 Å². The van der Waals surface area contributed by atoms with Gasteiger partial charge >= 0.3 is 5.97 Å². The minimum absolute atomic E-state index is 0.126. The fourth-order valence-electron chi connectivity index (χ4n) is 3.12. The number of benzene rings is 1. The second-order valence-corrected chi connectivity index (χ2v) is 9.23. The summed E-state index contributed by atoms with van der Waals surface area (Å²) in [5.74, 6) is 0.277. The Morgan fingerprint density at radius 2 is 1.89 bits per heavy atom. The molecular formula is C25H22N4O4S2. The molecule has 3 rings (SSSR count). The maximum absolute atomic E-state index is 12.5. The SMILES string of the molecule is CCOC(=O)c1sc(NC(=O)CCSc2nc(-c3ccc(OC)cc3)ccc2C#N)c(C#N)c1C. The first-order valence-electron chi connectivity index (χ1n) is 10.6. The third-order valence-corrected chi connectivity index (χ3v) is 7.09. The largest absolute Gasteiger partial charge is 0.497 e. The van der Waals surface area contributed by atoms with Crippen LogP contribution in [0.2, 0.25) is 0 Å². The first-order valence-corrected chi connectivity index (χ1v) is 12.4. The molecule has 0 unspecified atom stereocenters. The highest BCUT2D eigenvalue weighted by atomic mass is 32.2. The molecule has 0 saturated heterocycles. The van der Waals surface area contributed by atoms with Gasteiger partial charge in [-0.15, -0.1) is 23.1 Å². The van der Waals surface area contributed by atoms with Crippen LogP contribution in [0.4, 0.5) is 5.00 Å². The molecule has 0 aliphatic rings. The van der Waals surface area contributed by atoms with Crippen molar-refractivity contribution in [2.45, 2.75) is 25.3 Å². The average molecular weight is 507 g/mol. The quantitative estimate of drug-likeness (QED) is 0.311. The van der Waals surface area contributed by atoms with Gasteiger partial charge in [0.25, 0.3) is 0 Å². The monoisotopic (exact) mass is 506 g/mol. The van der Waals surface area contributed by atoms with Crippen LogP contribution >= 0.6 is 23.1 Å². The van der Waals surface area contributed by atoms with Crippen LogP contribution in [0, 0.1) is 29.6 Å². The Morgan fingerprint density at radius 3 is 2.51 bits per heavy atom. The predicted molar refractivity (Wildman–Crippen MR) is 135 cm³/mol. The van der Waals surface area contributed by atoms with E-state index in [9.17, 15) is 20.1 Å². The van der Waals surface area contributed by atoms with Crippen LogP contribution in [0.25, 0.3) is 11.3 Å². The molecule has 0 aliphatic carbocycles. The Labute approximate surface area is 211 Å². The fraction of sp³-hybridized carbons (Fsp3) is 0.240. The molecule has 0 spiro atoms. The molecule has 0 radical (unpaired) electrons. The molecule has 0 saturated carbocycles. The third kappa shape index (κ3) is 6.18. The maximum atomic E-state index is 12.5. The molecule has 2 aromatic heterocycles. The Balaban J connectivity index is 1.67. The molecule has 178 valence electrons. The van der Waals surface area contributed by atoms with Crippen LogP contribution in [0.3, 0.4) is 0 Å². The van der Waals surface area contributed by atoms with Crippen molar-refractivity contribution in [3.8, 4) is 29.1 Å². The van der Waals surface area contributed by atoms with Crippen molar-refractivity contribution in [1.29, 1.82) is 10.5 Å². The lowest BCUT2D eigenvalue weighted by Crippen LogP contribution is -2.12. The Bertz CT molecular complexity index is 1320. The highest BCUT2D eigenvalue weighted by Gasteiger charge is 2.22. The number of nitrogens with zero attached hydrogens (tertiary/aromatic N) is 3. The smallest absolute Gasteiger partial charge is 0.348 e. The number of aromatic nitrogens is 1. The summed E-state index contributed by atoms with van der Waals surface area (Å²) in [7, 11) is 1.60. The number of hydrogen-bond acceptors (Lipinski definition) is 9. The molecule has 0 fully saturated rings. The molecule has 0 aliphatic heterocycles. The number of carbonyl (C=O) groups is 2. The lowest BCUT2D eigenvalue weighted by Gasteiger charge is -2.08. The van der Waals surface area contributed by atoms with E-state index >= 15 is 0 Å². The lowest BCUT2D eigenvalue weighted by molar-refractivity contribution is -0.115. The summed E-state index contributed by atoms with van der Waals surface area (Å²) < 4.78 is 10.2. The third-order valence-electron chi connectivity index (χ3n) is 4.91. The molecule has 3 aromatic rings. The summed E-state index contributed by atoms with van der Waals surface area (Å²) in [5, 5.41) is 22.5. The first kappa shape index (κ1) is 25.8. The van der Waals surface area contributed by atoms with E-state index in [1.807, 2.05) is 30.3 Å². The minimum atomic E-state index is -0.519. The van der Waals surface area contributed by atoms with Crippen molar-refractivity contribution in [2.24, 2.45) is 0 Å². The van der Waals surface area contributed by atoms with Crippen molar-refractivity contribution >= 4 is 40.0 Å². The van der Waals surface area contributed by atoms with Gasteiger partial charge in [0.05, 0.1) is 30.5 Å². The number of nitrogens with one attached hydrogen (secondary N) is 1. The van der Waals surface area contributed by atoms with E-state index in [1.54, 1.807) is 33.1 Å². The van der Waals surface area contributed by atoms with Crippen LogP contribution < -0.4 is 10.1 Å². The summed E-state index contributed by atoms with van der Waals surface area (Å²) in [6, 6.07) is 15.1. The standard InChI is InChI=1S/C25H22N4O4S2/c1-4-33-25(31)22-15(2)19(14-27)24(35-22)29-21(30)11-12-34-23-17(13-26)7-10-20(28-23)16-5-8-18(32-3)9-6-16/h5-10H,4,11-12H2,1-3H3,(H,29,30). The van der Waals surface area contributed by atoms with E-state index in [-0.39, 0.29) is 24.5 Å². The molecule has 1 N–H and O–H groups in total. The van der Waals surface area contributed by atoms with Gasteiger partial charge in [-0.2, -0.15) is 10.5 Å². The highest BCUT2D eigenvalue weighted by Crippen LogP contribution is 2.33. The normalized spacial score (nSPS) is 10.2. The van der Waals surface area contributed by atoms with E-state index in [4.69, 9.17) is 9.47 Å². The van der Waals surface area contributed by atoms with E-state index in [0.717, 1.165) is 22.6 Å². The molecule has 0 atom stereocenters. The van der Waals surface area contributed by atoms with Crippen molar-refractivity contribution in [2.75, 3.05) is 24.8 Å². The molecule has 0 bridgehead atoms. The number of amides is 1. The average Bonchev–Trinajstić information content (AvgIpc) is 3.18. The number of methoxy groups -OCH3 is 1. The van der Waals surface area contributed by atoms with Gasteiger partial charge in [0.1, 0.15) is 32.8 Å². The topological polar surface area (TPSA) is 125 Å². The zero-order valence-electron chi connectivity index (χ0n) is 19.4. The van der Waals surface area contributed by atoms with Gasteiger partial charge < -0.3 is 14.8 Å². The molecular weight excluding hydrogens is 484 g/mol. The highest BCUT2D eigenvalue weighted by molar-refractivity contribution is 7.99. The van der Waals surface area contributed by atoms with Crippen LogP contribution in [0.5, 0.6) is 5.75 Å². The molecule has 8 nitrogen and oxygen atoms in total. The van der Waals surface area contributed by atoms with Gasteiger partial charge in [-0.05, 0) is 55.8 Å². The summed E-state index contributed by atoms with van der Waals surface area (Å²) in [6.07, 6.45) is 0.126. The zero-order chi connectivity index (χ0) is 25.4. The van der Waals surface area contributed by atoms with Gasteiger partial charge in [0.2, 0.25) is 5.91 Å². The summed E-state index contributed by atoms with van der Waals surface area (Å²) in [5.41, 5.74) is 2.74. The van der Waals surface area contributed by atoms with Crippen molar-refractivity contribution < 1.29 is 19.1 Å². The second kappa shape index (κ2) is 12.0. The Hall–Kier alpha value is -3.86. The van der Waals surface area contributed by atoms with Gasteiger partial charge in [-0.1, -0.05) is 0 Å². The summed E-state index contributed by atoms with van der Waals surface area (Å²) >= 11 is 2.33. The summed E-state index contributed by atoms with van der Waals surface area (Å²) in [6.45, 7) is 3.57. The molecule has 1 aromatic carbocycles. The number of hydrogen-bond donors (Lipinski definition) is 1. The van der Waals surface area contributed by atoms with Crippen LogP contribution in [-0.2, 0) is 9.53 Å². The maximum Gasteiger partial charge on any atom is 0.348 e. The van der Waals surface area contributed by atoms with Gasteiger partial charge in [0, 0.05) is 17.7 Å². The number of pyridine rings is 1. The first-order chi connectivity index (χ1) is 16.9. The summed E-state index contributed by atoms with van der Waals surface area (Å²) in [4.78, 5) is 29.6. The van der Waals surface area contributed by atoms with Gasteiger partial charge in [-0.3, -0.25) is 4.79 Å². The number of thioether (sulfide) groups is 1. The number of carbonyl (C=O) groups excluding carboxylic acids is 2. The molecule has 1 amide bonds. The molecule has 10 heteroatoms. The van der Waals surface area contributed by atoms with Crippen molar-refractivity contribution in [3.05, 3.63) is 58.0 Å². The van der Waals surface area contributed by atoms with Crippen LogP contribution in [0.15, 0.2) is 41.4 Å². The number of nitriles is 2. The fourth-order valence-corrected chi connectivity index (χ4v) is 5.10.